The van der Waals surface area contributed by atoms with E-state index in [4.69, 9.17) is 0 Å². The summed E-state index contributed by atoms with van der Waals surface area (Å²) in [4.78, 5) is 40.1. The number of benzene rings is 1. The Bertz CT molecular complexity index is 807. The smallest absolute Gasteiger partial charge is 0.326 e. The van der Waals surface area contributed by atoms with Crippen LogP contribution in [-0.4, -0.2) is 44.5 Å². The zero-order chi connectivity index (χ0) is 16.6. The number of hydrogen-bond donors (Lipinski definition) is 2. The second-order valence-electron chi connectivity index (χ2n) is 6.21. The van der Waals surface area contributed by atoms with Crippen molar-refractivity contribution in [2.45, 2.75) is 19.9 Å². The van der Waals surface area contributed by atoms with Gasteiger partial charge in [0.1, 0.15) is 6.54 Å². The lowest BCUT2D eigenvalue weighted by atomic mass is 9.90. The van der Waals surface area contributed by atoms with Crippen molar-refractivity contribution in [3.8, 4) is 0 Å². The molecule has 2 aromatic rings. The van der Waals surface area contributed by atoms with E-state index in [1.165, 1.54) is 4.57 Å². The van der Waals surface area contributed by atoms with Crippen LogP contribution in [0.4, 0.5) is 0 Å². The molecule has 0 bridgehead atoms. The summed E-state index contributed by atoms with van der Waals surface area (Å²) >= 11 is 0. The van der Waals surface area contributed by atoms with Gasteiger partial charge in [0.05, 0.1) is 17.0 Å². The number of hydrogen-bond acceptors (Lipinski definition) is 3. The Labute approximate surface area is 132 Å². The minimum atomic E-state index is -0.876. The maximum absolute atomic E-state index is 12.5. The monoisotopic (exact) mass is 317 g/mol. The molecule has 7 nitrogen and oxygen atoms in total. The van der Waals surface area contributed by atoms with Crippen LogP contribution in [0.25, 0.3) is 11.0 Å². The van der Waals surface area contributed by atoms with Gasteiger partial charge in [-0.15, -0.1) is 0 Å². The predicted octanol–water partition coefficient (Wildman–Crippen LogP) is 0.899. The molecule has 0 aliphatic carbocycles. The third kappa shape index (κ3) is 2.99. The van der Waals surface area contributed by atoms with Crippen molar-refractivity contribution in [2.75, 3.05) is 13.1 Å². The molecule has 1 aromatic heterocycles. The molecular formula is C16H19N3O4. The van der Waals surface area contributed by atoms with Crippen LogP contribution in [0.5, 0.6) is 0 Å². The number of nitrogens with one attached hydrogen (secondary N) is 1. The largest absolute Gasteiger partial charge is 0.481 e. The van der Waals surface area contributed by atoms with Gasteiger partial charge in [-0.1, -0.05) is 19.1 Å². The number of nitrogens with zero attached hydrogens (tertiary/aromatic N) is 2. The lowest BCUT2D eigenvalue weighted by Crippen LogP contribution is -2.47. The van der Waals surface area contributed by atoms with Crippen molar-refractivity contribution in [3.05, 3.63) is 34.7 Å². The lowest BCUT2D eigenvalue weighted by Gasteiger charge is -2.34. The van der Waals surface area contributed by atoms with E-state index < -0.39 is 11.9 Å². The maximum Gasteiger partial charge on any atom is 0.326 e. The number of carbonyl (C=O) groups excluding carboxylic acids is 1. The summed E-state index contributed by atoms with van der Waals surface area (Å²) in [5, 5.41) is 9.20. The van der Waals surface area contributed by atoms with Gasteiger partial charge in [-0.05, 0) is 24.5 Å². The Balaban J connectivity index is 1.82. The lowest BCUT2D eigenvalue weighted by molar-refractivity contribution is -0.147. The maximum atomic E-state index is 12.5. The molecule has 2 N–H and O–H groups in total. The highest BCUT2D eigenvalue weighted by Crippen LogP contribution is 2.22. The summed E-state index contributed by atoms with van der Waals surface area (Å²) in [5.41, 5.74) is 1.02. The Morgan fingerprint density at radius 2 is 2.04 bits per heavy atom. The molecule has 1 aliphatic rings. The summed E-state index contributed by atoms with van der Waals surface area (Å²) in [6.45, 7) is 2.59. The molecule has 0 radical (unpaired) electrons. The van der Waals surface area contributed by atoms with Crippen molar-refractivity contribution >= 4 is 22.9 Å². The molecule has 1 saturated heterocycles. The number of amides is 1. The van der Waals surface area contributed by atoms with E-state index in [9.17, 15) is 19.5 Å². The van der Waals surface area contributed by atoms with Gasteiger partial charge in [-0.25, -0.2) is 4.79 Å². The van der Waals surface area contributed by atoms with E-state index >= 15 is 0 Å². The number of para-hydroxylation sites is 2. The second-order valence-corrected chi connectivity index (χ2v) is 6.21. The van der Waals surface area contributed by atoms with Crippen molar-refractivity contribution in [1.82, 2.24) is 14.5 Å². The number of piperidine rings is 1. The van der Waals surface area contributed by atoms with Crippen LogP contribution >= 0.6 is 0 Å². The van der Waals surface area contributed by atoms with E-state index in [1.54, 1.807) is 23.1 Å². The first kappa shape index (κ1) is 15.3. The first-order valence-corrected chi connectivity index (χ1v) is 7.64. The van der Waals surface area contributed by atoms with E-state index in [0.29, 0.717) is 24.0 Å². The molecule has 23 heavy (non-hydrogen) atoms. The van der Waals surface area contributed by atoms with Crippen molar-refractivity contribution < 1.29 is 14.7 Å². The van der Waals surface area contributed by atoms with Gasteiger partial charge in [0.15, 0.2) is 0 Å². The van der Waals surface area contributed by atoms with Crippen LogP contribution in [0, 0.1) is 11.8 Å². The number of imidazole rings is 1. The fourth-order valence-electron chi connectivity index (χ4n) is 3.23. The second kappa shape index (κ2) is 5.91. The Morgan fingerprint density at radius 1 is 1.30 bits per heavy atom. The standard InChI is InChI=1S/C16H19N3O4/c1-10-6-11(15(21)22)8-18(7-10)14(20)9-19-13-5-3-2-4-12(13)17-16(19)23/h2-5,10-11H,6-9H2,1H3,(H,17,23)(H,21,22). The van der Waals surface area contributed by atoms with Crippen molar-refractivity contribution in [1.29, 1.82) is 0 Å². The van der Waals surface area contributed by atoms with Crippen LogP contribution in [0.15, 0.2) is 29.1 Å². The minimum Gasteiger partial charge on any atom is -0.481 e. The molecule has 1 fully saturated rings. The van der Waals surface area contributed by atoms with Crippen LogP contribution in [0.2, 0.25) is 0 Å². The van der Waals surface area contributed by atoms with E-state index in [-0.39, 0.29) is 30.6 Å². The van der Waals surface area contributed by atoms with Gasteiger partial charge in [-0.2, -0.15) is 0 Å². The van der Waals surface area contributed by atoms with E-state index in [1.807, 2.05) is 13.0 Å². The Kier molecular flexibility index (Phi) is 3.94. The van der Waals surface area contributed by atoms with Gasteiger partial charge >= 0.3 is 11.7 Å². The van der Waals surface area contributed by atoms with Gasteiger partial charge in [0, 0.05) is 13.1 Å². The molecule has 1 aliphatic heterocycles. The number of carboxylic acid groups (broad SMARTS) is 1. The summed E-state index contributed by atoms with van der Waals surface area (Å²) < 4.78 is 1.40. The molecule has 2 heterocycles. The fourth-order valence-corrected chi connectivity index (χ4v) is 3.23. The number of carbonyl (C=O) groups is 2. The molecule has 1 amide bonds. The summed E-state index contributed by atoms with van der Waals surface area (Å²) in [5.74, 6) is -1.51. The average molecular weight is 317 g/mol. The topological polar surface area (TPSA) is 95.4 Å². The highest BCUT2D eigenvalue weighted by Gasteiger charge is 2.32. The highest BCUT2D eigenvalue weighted by atomic mass is 16.4. The van der Waals surface area contributed by atoms with Crippen LogP contribution < -0.4 is 5.69 Å². The van der Waals surface area contributed by atoms with E-state index in [0.717, 1.165) is 0 Å². The highest BCUT2D eigenvalue weighted by molar-refractivity contribution is 5.81. The molecule has 2 unspecified atom stereocenters. The molecule has 3 rings (SSSR count). The molecular weight excluding hydrogens is 298 g/mol. The molecule has 122 valence electrons. The van der Waals surface area contributed by atoms with Crippen molar-refractivity contribution in [2.24, 2.45) is 11.8 Å². The molecule has 0 saturated carbocycles. The van der Waals surface area contributed by atoms with E-state index in [2.05, 4.69) is 4.98 Å². The quantitative estimate of drug-likeness (QED) is 0.879. The Morgan fingerprint density at radius 3 is 2.78 bits per heavy atom. The van der Waals surface area contributed by atoms with Gasteiger partial charge in [0.2, 0.25) is 5.91 Å². The number of rotatable bonds is 3. The van der Waals surface area contributed by atoms with Crippen molar-refractivity contribution in [3.63, 3.8) is 0 Å². The van der Waals surface area contributed by atoms with Crippen LogP contribution in [0.3, 0.4) is 0 Å². The molecule has 1 aromatic carbocycles. The summed E-state index contributed by atoms with van der Waals surface area (Å²) in [7, 11) is 0. The zero-order valence-corrected chi connectivity index (χ0v) is 12.9. The zero-order valence-electron chi connectivity index (χ0n) is 12.9. The van der Waals surface area contributed by atoms with Gasteiger partial charge < -0.3 is 15.0 Å². The third-order valence-corrected chi connectivity index (χ3v) is 4.34. The number of aliphatic carboxylic acids is 1. The molecule has 7 heteroatoms. The average Bonchev–Trinajstić information content (AvgIpc) is 2.82. The number of fused-ring (bicyclic) bond motifs is 1. The first-order chi connectivity index (χ1) is 11.0. The molecule has 2 atom stereocenters. The van der Waals surface area contributed by atoms with Gasteiger partial charge in [0.25, 0.3) is 0 Å². The number of H-pyrrole nitrogens is 1. The first-order valence-electron chi connectivity index (χ1n) is 7.64. The predicted molar refractivity (Wildman–Crippen MR) is 84.0 cm³/mol. The minimum absolute atomic E-state index is 0.0814. The number of likely N-dealkylation sites (tertiary alicyclic amines) is 1. The normalized spacial score (nSPS) is 21.5. The third-order valence-electron chi connectivity index (χ3n) is 4.34. The van der Waals surface area contributed by atoms with Crippen LogP contribution in [0.1, 0.15) is 13.3 Å². The van der Waals surface area contributed by atoms with Gasteiger partial charge in [-0.3, -0.25) is 14.2 Å². The number of aromatic amines is 1. The molecule has 0 spiro atoms. The number of aromatic nitrogens is 2. The number of carboxylic acids is 1. The SMILES string of the molecule is CC1CC(C(=O)O)CN(C(=O)Cn2c(=O)[nH]c3ccccc32)C1. The summed E-state index contributed by atoms with van der Waals surface area (Å²) in [6.07, 6.45) is 0.576. The Hall–Kier alpha value is -2.57. The summed E-state index contributed by atoms with van der Waals surface area (Å²) in [6, 6.07) is 7.18. The fraction of sp³-hybridized carbons (Fsp3) is 0.438. The van der Waals surface area contributed by atoms with Crippen LogP contribution in [-0.2, 0) is 16.1 Å².